The molecule has 0 aromatic heterocycles. The maximum atomic E-state index is 11.3. The smallest absolute Gasteiger partial charge is 0.159 e. The molecule has 2 rings (SSSR count). The molecule has 100 valence electrons. The number of rotatable bonds is 4. The van der Waals surface area contributed by atoms with Crippen LogP contribution < -0.4 is 4.74 Å². The molecule has 0 N–H and O–H groups in total. The minimum absolute atomic E-state index is 0.0633. The number of carbonyl (C=O) groups is 1. The third-order valence-corrected chi connectivity index (χ3v) is 3.02. The zero-order chi connectivity index (χ0) is 14.5. The Morgan fingerprint density at radius 1 is 1.20 bits per heavy atom. The van der Waals surface area contributed by atoms with Crippen LogP contribution in [0.2, 0.25) is 0 Å². The van der Waals surface area contributed by atoms with Crippen LogP contribution in [-0.4, -0.2) is 5.78 Å². The zero-order valence-electron chi connectivity index (χ0n) is 11.5. The van der Waals surface area contributed by atoms with Crippen LogP contribution in [0.4, 0.5) is 0 Å². The molecule has 0 aliphatic heterocycles. The van der Waals surface area contributed by atoms with E-state index in [1.54, 1.807) is 18.2 Å². The van der Waals surface area contributed by atoms with Crippen LogP contribution in [-0.2, 0) is 6.61 Å². The van der Waals surface area contributed by atoms with Gasteiger partial charge in [0.05, 0.1) is 5.56 Å². The van der Waals surface area contributed by atoms with E-state index >= 15 is 0 Å². The van der Waals surface area contributed by atoms with Gasteiger partial charge in [-0.1, -0.05) is 29.8 Å². The van der Waals surface area contributed by atoms with Crippen LogP contribution in [0.25, 0.3) is 0 Å². The molecule has 0 aliphatic rings. The van der Waals surface area contributed by atoms with Crippen molar-refractivity contribution in [3.05, 3.63) is 64.7 Å². The van der Waals surface area contributed by atoms with E-state index in [1.165, 1.54) is 12.5 Å². The van der Waals surface area contributed by atoms with Gasteiger partial charge >= 0.3 is 0 Å². The zero-order valence-corrected chi connectivity index (χ0v) is 11.5. The number of hydrogen-bond acceptors (Lipinski definition) is 3. The Labute approximate surface area is 118 Å². The van der Waals surface area contributed by atoms with Crippen molar-refractivity contribution in [3.63, 3.8) is 0 Å². The standard InChI is InChI=1S/C17H15NO2/c1-12-3-5-14(6-4-12)11-20-17-8-7-15(13(2)19)9-16(17)10-18/h3-9H,11H2,1-2H3. The Kier molecular flexibility index (Phi) is 4.17. The molecule has 0 radical (unpaired) electrons. The lowest BCUT2D eigenvalue weighted by Crippen LogP contribution is -1.99. The van der Waals surface area contributed by atoms with Gasteiger partial charge in [-0.05, 0) is 37.6 Å². The molecule has 0 saturated carbocycles. The first-order valence-electron chi connectivity index (χ1n) is 6.33. The van der Waals surface area contributed by atoms with Crippen molar-refractivity contribution in [2.45, 2.75) is 20.5 Å². The molecule has 2 aromatic rings. The summed E-state index contributed by atoms with van der Waals surface area (Å²) >= 11 is 0. The molecule has 0 spiro atoms. The number of benzene rings is 2. The Morgan fingerprint density at radius 2 is 1.90 bits per heavy atom. The molecule has 2 aromatic carbocycles. The second-order valence-electron chi connectivity index (χ2n) is 4.65. The Balaban J connectivity index is 2.15. The maximum absolute atomic E-state index is 11.3. The van der Waals surface area contributed by atoms with Gasteiger partial charge in [-0.2, -0.15) is 5.26 Å². The Hall–Kier alpha value is -2.60. The van der Waals surface area contributed by atoms with Crippen molar-refractivity contribution < 1.29 is 9.53 Å². The van der Waals surface area contributed by atoms with Crippen LogP contribution in [0.15, 0.2) is 42.5 Å². The summed E-state index contributed by atoms with van der Waals surface area (Å²) in [5.74, 6) is 0.435. The van der Waals surface area contributed by atoms with Gasteiger partial charge in [-0.3, -0.25) is 4.79 Å². The van der Waals surface area contributed by atoms with E-state index in [4.69, 9.17) is 10.00 Å². The van der Waals surface area contributed by atoms with Crippen LogP contribution >= 0.6 is 0 Å². The molecule has 0 aliphatic carbocycles. The highest BCUT2D eigenvalue weighted by molar-refractivity contribution is 5.94. The number of aryl methyl sites for hydroxylation is 1. The van der Waals surface area contributed by atoms with Crippen LogP contribution in [0, 0.1) is 18.3 Å². The third-order valence-electron chi connectivity index (χ3n) is 3.02. The third kappa shape index (κ3) is 3.24. The average Bonchev–Trinajstić information content (AvgIpc) is 2.46. The SMILES string of the molecule is CC(=O)c1ccc(OCc2ccc(C)cc2)c(C#N)c1. The molecular weight excluding hydrogens is 250 g/mol. The Bertz CT molecular complexity index is 666. The molecule has 0 bridgehead atoms. The quantitative estimate of drug-likeness (QED) is 0.793. The molecule has 0 heterocycles. The Morgan fingerprint density at radius 3 is 2.50 bits per heavy atom. The first-order chi connectivity index (χ1) is 9.60. The van der Waals surface area contributed by atoms with Gasteiger partial charge in [-0.15, -0.1) is 0 Å². The fourth-order valence-corrected chi connectivity index (χ4v) is 1.81. The molecule has 0 fully saturated rings. The molecule has 20 heavy (non-hydrogen) atoms. The van der Waals surface area contributed by atoms with E-state index in [0.717, 1.165) is 5.56 Å². The van der Waals surface area contributed by atoms with Gasteiger partial charge in [0.1, 0.15) is 18.4 Å². The van der Waals surface area contributed by atoms with E-state index in [1.807, 2.05) is 31.2 Å². The summed E-state index contributed by atoms with van der Waals surface area (Å²) in [5.41, 5.74) is 3.13. The topological polar surface area (TPSA) is 50.1 Å². The normalized spacial score (nSPS) is 9.85. The van der Waals surface area contributed by atoms with Gasteiger partial charge in [-0.25, -0.2) is 0 Å². The van der Waals surface area contributed by atoms with E-state index in [9.17, 15) is 4.79 Å². The largest absolute Gasteiger partial charge is 0.488 e. The molecule has 3 heteroatoms. The summed E-state index contributed by atoms with van der Waals surface area (Å²) in [6, 6.07) is 15.0. The first kappa shape index (κ1) is 13.8. The van der Waals surface area contributed by atoms with E-state index < -0.39 is 0 Å². The lowest BCUT2D eigenvalue weighted by molar-refractivity contribution is 0.101. The van der Waals surface area contributed by atoms with E-state index in [2.05, 4.69) is 6.07 Å². The first-order valence-corrected chi connectivity index (χ1v) is 6.33. The van der Waals surface area contributed by atoms with E-state index in [0.29, 0.717) is 23.5 Å². The van der Waals surface area contributed by atoms with Gasteiger partial charge in [0.25, 0.3) is 0 Å². The van der Waals surface area contributed by atoms with Crippen molar-refractivity contribution in [2.24, 2.45) is 0 Å². The molecule has 0 unspecified atom stereocenters. The van der Waals surface area contributed by atoms with Crippen LogP contribution in [0.1, 0.15) is 34.0 Å². The van der Waals surface area contributed by atoms with Gasteiger partial charge in [0, 0.05) is 5.56 Å². The number of nitriles is 1. The highest BCUT2D eigenvalue weighted by Gasteiger charge is 2.07. The molecular formula is C17H15NO2. The number of nitrogens with zero attached hydrogens (tertiary/aromatic N) is 1. The van der Waals surface area contributed by atoms with Gasteiger partial charge in [0.2, 0.25) is 0 Å². The fourth-order valence-electron chi connectivity index (χ4n) is 1.81. The fraction of sp³-hybridized carbons (Fsp3) is 0.176. The summed E-state index contributed by atoms with van der Waals surface area (Å²) in [4.78, 5) is 11.3. The van der Waals surface area contributed by atoms with Crippen molar-refractivity contribution in [1.29, 1.82) is 5.26 Å². The number of hydrogen-bond donors (Lipinski definition) is 0. The predicted octanol–water partition coefficient (Wildman–Crippen LogP) is 3.65. The molecule has 0 amide bonds. The minimum atomic E-state index is -0.0633. The van der Waals surface area contributed by atoms with Crippen LogP contribution in [0.5, 0.6) is 5.75 Å². The van der Waals surface area contributed by atoms with Crippen LogP contribution in [0.3, 0.4) is 0 Å². The summed E-state index contributed by atoms with van der Waals surface area (Å²) < 4.78 is 5.65. The molecule has 0 atom stereocenters. The number of ketones is 1. The summed E-state index contributed by atoms with van der Waals surface area (Å²) in [6.45, 7) is 3.90. The van der Waals surface area contributed by atoms with Crippen molar-refractivity contribution in [2.75, 3.05) is 0 Å². The second kappa shape index (κ2) is 6.03. The molecule has 0 saturated heterocycles. The highest BCUT2D eigenvalue weighted by Crippen LogP contribution is 2.21. The van der Waals surface area contributed by atoms with Crippen molar-refractivity contribution >= 4 is 5.78 Å². The average molecular weight is 265 g/mol. The number of Topliss-reactive ketones (excluding diaryl/α,β-unsaturated/α-hetero) is 1. The lowest BCUT2D eigenvalue weighted by atomic mass is 10.1. The lowest BCUT2D eigenvalue weighted by Gasteiger charge is -2.09. The minimum Gasteiger partial charge on any atom is -0.488 e. The second-order valence-corrected chi connectivity index (χ2v) is 4.65. The van der Waals surface area contributed by atoms with Gasteiger partial charge < -0.3 is 4.74 Å². The number of carbonyl (C=O) groups excluding carboxylic acids is 1. The summed E-state index contributed by atoms with van der Waals surface area (Å²) in [7, 11) is 0. The highest BCUT2D eigenvalue weighted by atomic mass is 16.5. The predicted molar refractivity (Wildman–Crippen MR) is 76.7 cm³/mol. The number of ether oxygens (including phenoxy) is 1. The molecule has 3 nitrogen and oxygen atoms in total. The monoisotopic (exact) mass is 265 g/mol. The van der Waals surface area contributed by atoms with Crippen molar-refractivity contribution in [1.82, 2.24) is 0 Å². The van der Waals surface area contributed by atoms with Crippen molar-refractivity contribution in [3.8, 4) is 11.8 Å². The summed E-state index contributed by atoms with van der Waals surface area (Å²) in [5, 5.41) is 9.12. The maximum Gasteiger partial charge on any atom is 0.159 e. The summed E-state index contributed by atoms with van der Waals surface area (Å²) in [6.07, 6.45) is 0. The van der Waals surface area contributed by atoms with E-state index in [-0.39, 0.29) is 5.78 Å². The van der Waals surface area contributed by atoms with Gasteiger partial charge in [0.15, 0.2) is 5.78 Å².